The van der Waals surface area contributed by atoms with E-state index in [2.05, 4.69) is 5.32 Å². The number of carboxylic acid groups (broad SMARTS) is 1. The molecule has 0 saturated carbocycles. The molecule has 0 aliphatic rings. The van der Waals surface area contributed by atoms with Crippen LogP contribution in [-0.4, -0.2) is 28.1 Å². The molecule has 1 aromatic rings. The Morgan fingerprint density at radius 3 is 2.70 bits per heavy atom. The van der Waals surface area contributed by atoms with Crippen molar-refractivity contribution >= 4 is 23.5 Å². The molecule has 1 heterocycles. The molecule has 0 bridgehead atoms. The summed E-state index contributed by atoms with van der Waals surface area (Å²) in [5.74, 6) is -1.11. The number of hydrogen-bond donors (Lipinski definition) is 2. The minimum atomic E-state index is -0.844. The molecule has 20 heavy (non-hydrogen) atoms. The summed E-state index contributed by atoms with van der Waals surface area (Å²) in [7, 11) is 0. The second-order valence-electron chi connectivity index (χ2n) is 4.82. The van der Waals surface area contributed by atoms with Crippen molar-refractivity contribution < 1.29 is 14.7 Å². The fraction of sp³-hybridized carbons (Fsp3) is 0.571. The SMILES string of the molecule is CCCn1cc(Cl)cc1C(=O)NCC(CC)CC(=O)O. The molecule has 1 amide bonds. The van der Waals surface area contributed by atoms with Crippen LogP contribution in [0.5, 0.6) is 0 Å². The van der Waals surface area contributed by atoms with E-state index in [1.54, 1.807) is 12.3 Å². The van der Waals surface area contributed by atoms with Gasteiger partial charge >= 0.3 is 5.97 Å². The van der Waals surface area contributed by atoms with Crippen molar-refractivity contribution in [2.75, 3.05) is 6.54 Å². The number of carbonyl (C=O) groups excluding carboxylic acids is 1. The van der Waals surface area contributed by atoms with Crippen molar-refractivity contribution in [1.82, 2.24) is 9.88 Å². The van der Waals surface area contributed by atoms with Crippen LogP contribution in [0.25, 0.3) is 0 Å². The number of carbonyl (C=O) groups is 2. The lowest BCUT2D eigenvalue weighted by Crippen LogP contribution is -2.31. The summed E-state index contributed by atoms with van der Waals surface area (Å²) in [5.41, 5.74) is 0.516. The monoisotopic (exact) mass is 300 g/mol. The molecular weight excluding hydrogens is 280 g/mol. The van der Waals surface area contributed by atoms with Gasteiger partial charge in [-0.15, -0.1) is 0 Å². The molecule has 0 radical (unpaired) electrons. The van der Waals surface area contributed by atoms with E-state index in [4.69, 9.17) is 16.7 Å². The number of aliphatic carboxylic acids is 1. The van der Waals surface area contributed by atoms with Crippen LogP contribution in [0.15, 0.2) is 12.3 Å². The molecule has 5 nitrogen and oxygen atoms in total. The van der Waals surface area contributed by atoms with Crippen LogP contribution in [0.3, 0.4) is 0 Å². The Hall–Kier alpha value is -1.49. The zero-order chi connectivity index (χ0) is 15.1. The van der Waals surface area contributed by atoms with Gasteiger partial charge in [-0.05, 0) is 18.4 Å². The number of carboxylic acids is 1. The topological polar surface area (TPSA) is 71.3 Å². The van der Waals surface area contributed by atoms with E-state index in [9.17, 15) is 9.59 Å². The highest BCUT2D eigenvalue weighted by Crippen LogP contribution is 2.15. The van der Waals surface area contributed by atoms with Gasteiger partial charge in [0.2, 0.25) is 0 Å². The van der Waals surface area contributed by atoms with Gasteiger partial charge in [-0.1, -0.05) is 31.9 Å². The third kappa shape index (κ3) is 4.89. The van der Waals surface area contributed by atoms with E-state index < -0.39 is 5.97 Å². The molecule has 2 N–H and O–H groups in total. The summed E-state index contributed by atoms with van der Waals surface area (Å²) in [6.45, 7) is 5.02. The van der Waals surface area contributed by atoms with E-state index in [1.165, 1.54) is 0 Å². The molecular formula is C14H21ClN2O3. The second-order valence-corrected chi connectivity index (χ2v) is 5.26. The first kappa shape index (κ1) is 16.6. The normalized spacial score (nSPS) is 12.2. The van der Waals surface area contributed by atoms with Crippen LogP contribution >= 0.6 is 11.6 Å². The van der Waals surface area contributed by atoms with Crippen LogP contribution in [0.4, 0.5) is 0 Å². The molecule has 0 aliphatic carbocycles. The van der Waals surface area contributed by atoms with Gasteiger partial charge in [0.15, 0.2) is 0 Å². The van der Waals surface area contributed by atoms with Gasteiger partial charge in [-0.3, -0.25) is 9.59 Å². The average Bonchev–Trinajstić information content (AvgIpc) is 2.75. The van der Waals surface area contributed by atoms with Crippen molar-refractivity contribution in [3.63, 3.8) is 0 Å². The van der Waals surface area contributed by atoms with E-state index in [-0.39, 0.29) is 18.2 Å². The Kier molecular flexibility index (Phi) is 6.58. The number of halogens is 1. The second kappa shape index (κ2) is 7.94. The predicted octanol–water partition coefficient (Wildman–Crippen LogP) is 2.78. The largest absolute Gasteiger partial charge is 0.481 e. The molecule has 0 aromatic carbocycles. The van der Waals surface area contributed by atoms with Gasteiger partial charge < -0.3 is 15.0 Å². The number of aryl methyl sites for hydroxylation is 1. The first-order valence-corrected chi connectivity index (χ1v) is 7.21. The van der Waals surface area contributed by atoms with Gasteiger partial charge in [-0.25, -0.2) is 0 Å². The fourth-order valence-corrected chi connectivity index (χ4v) is 2.25. The van der Waals surface area contributed by atoms with E-state index in [0.717, 1.165) is 13.0 Å². The maximum Gasteiger partial charge on any atom is 0.303 e. The van der Waals surface area contributed by atoms with E-state index in [1.807, 2.05) is 18.4 Å². The van der Waals surface area contributed by atoms with Crippen LogP contribution in [-0.2, 0) is 11.3 Å². The van der Waals surface area contributed by atoms with E-state index in [0.29, 0.717) is 23.7 Å². The quantitative estimate of drug-likeness (QED) is 0.775. The number of nitrogens with zero attached hydrogens (tertiary/aromatic N) is 1. The maximum absolute atomic E-state index is 12.1. The minimum Gasteiger partial charge on any atom is -0.481 e. The molecule has 0 aliphatic heterocycles. The number of hydrogen-bond acceptors (Lipinski definition) is 2. The van der Waals surface area contributed by atoms with Gasteiger partial charge in [0, 0.05) is 25.7 Å². The van der Waals surface area contributed by atoms with Gasteiger partial charge in [-0.2, -0.15) is 0 Å². The predicted molar refractivity (Wildman–Crippen MR) is 78.1 cm³/mol. The van der Waals surface area contributed by atoms with Crippen molar-refractivity contribution in [3.05, 3.63) is 23.0 Å². The van der Waals surface area contributed by atoms with Crippen LogP contribution in [0.1, 0.15) is 43.6 Å². The minimum absolute atomic E-state index is 0.0542. The first-order valence-electron chi connectivity index (χ1n) is 6.83. The van der Waals surface area contributed by atoms with Crippen LogP contribution < -0.4 is 5.32 Å². The Morgan fingerprint density at radius 2 is 2.15 bits per heavy atom. The highest BCUT2D eigenvalue weighted by molar-refractivity contribution is 6.31. The Morgan fingerprint density at radius 1 is 1.45 bits per heavy atom. The zero-order valence-electron chi connectivity index (χ0n) is 11.9. The smallest absolute Gasteiger partial charge is 0.303 e. The standard InChI is InChI=1S/C14H21ClN2O3/c1-3-5-17-9-11(15)7-12(17)14(20)16-8-10(4-2)6-13(18)19/h7,9-10H,3-6,8H2,1-2H3,(H,16,20)(H,18,19). The summed E-state index contributed by atoms with van der Waals surface area (Å²) in [5, 5.41) is 12.1. The van der Waals surface area contributed by atoms with Crippen molar-refractivity contribution in [2.24, 2.45) is 5.92 Å². The molecule has 1 aromatic heterocycles. The lowest BCUT2D eigenvalue weighted by atomic mass is 10.0. The van der Waals surface area contributed by atoms with Crippen molar-refractivity contribution in [3.8, 4) is 0 Å². The summed E-state index contributed by atoms with van der Waals surface area (Å²) >= 11 is 5.93. The Balaban J connectivity index is 2.64. The summed E-state index contributed by atoms with van der Waals surface area (Å²) in [6, 6.07) is 1.63. The maximum atomic E-state index is 12.1. The number of aromatic nitrogens is 1. The number of amides is 1. The average molecular weight is 301 g/mol. The molecule has 0 fully saturated rings. The van der Waals surface area contributed by atoms with Crippen LogP contribution in [0.2, 0.25) is 5.02 Å². The lowest BCUT2D eigenvalue weighted by molar-refractivity contribution is -0.138. The van der Waals surface area contributed by atoms with Gasteiger partial charge in [0.25, 0.3) is 5.91 Å². The van der Waals surface area contributed by atoms with Gasteiger partial charge in [0.05, 0.1) is 5.02 Å². The molecule has 0 spiro atoms. The highest BCUT2D eigenvalue weighted by Gasteiger charge is 2.16. The van der Waals surface area contributed by atoms with Crippen LogP contribution in [0, 0.1) is 5.92 Å². The first-order chi connectivity index (χ1) is 9.47. The fourth-order valence-electron chi connectivity index (χ4n) is 2.03. The molecule has 1 unspecified atom stereocenters. The molecule has 1 atom stereocenters. The van der Waals surface area contributed by atoms with E-state index >= 15 is 0 Å². The summed E-state index contributed by atoms with van der Waals surface area (Å²) < 4.78 is 1.82. The summed E-state index contributed by atoms with van der Waals surface area (Å²) in [6.07, 6.45) is 3.41. The summed E-state index contributed by atoms with van der Waals surface area (Å²) in [4.78, 5) is 22.8. The number of rotatable bonds is 8. The zero-order valence-corrected chi connectivity index (χ0v) is 12.6. The molecule has 112 valence electrons. The van der Waals surface area contributed by atoms with Gasteiger partial charge in [0.1, 0.15) is 5.69 Å². The third-order valence-electron chi connectivity index (χ3n) is 3.15. The molecule has 1 rings (SSSR count). The van der Waals surface area contributed by atoms with Crippen molar-refractivity contribution in [1.29, 1.82) is 0 Å². The molecule has 0 saturated heterocycles. The Labute approximate surface area is 123 Å². The molecule has 6 heteroatoms. The van der Waals surface area contributed by atoms with Crippen molar-refractivity contribution in [2.45, 2.75) is 39.7 Å². The highest BCUT2D eigenvalue weighted by atomic mass is 35.5. The Bertz CT molecular complexity index is 471. The number of nitrogens with one attached hydrogen (secondary N) is 1. The third-order valence-corrected chi connectivity index (χ3v) is 3.36. The lowest BCUT2D eigenvalue weighted by Gasteiger charge is -2.14.